The van der Waals surface area contributed by atoms with Crippen molar-refractivity contribution in [1.82, 2.24) is 4.98 Å². The van der Waals surface area contributed by atoms with Gasteiger partial charge in [0, 0.05) is 16.9 Å². The van der Waals surface area contributed by atoms with E-state index in [4.69, 9.17) is 23.2 Å². The fraction of sp³-hybridized carbons (Fsp3) is 0.100. The largest absolute Gasteiger partial charge is 0.325 e. The molecule has 1 aromatic heterocycles. The minimum atomic E-state index is -3.86. The molecule has 13 heteroatoms. The summed E-state index contributed by atoms with van der Waals surface area (Å²) in [6.07, 6.45) is 3.83. The molecule has 0 aliphatic heterocycles. The number of nitrogens with one attached hydrogen (secondary N) is 2. The van der Waals surface area contributed by atoms with Gasteiger partial charge in [-0.3, -0.25) is 18.8 Å². The van der Waals surface area contributed by atoms with E-state index in [-0.39, 0.29) is 21.3 Å². The summed E-state index contributed by atoms with van der Waals surface area (Å²) in [6, 6.07) is 12.7. The number of amides is 1. The molecule has 0 aliphatic rings. The number of sulfonamides is 2. The lowest BCUT2D eigenvalue weighted by atomic mass is 10.3. The van der Waals surface area contributed by atoms with Gasteiger partial charge in [-0.2, -0.15) is 0 Å². The van der Waals surface area contributed by atoms with Crippen molar-refractivity contribution in [2.24, 2.45) is 0 Å². The maximum Gasteiger partial charge on any atom is 0.261 e. The number of hydrogen-bond donors (Lipinski definition) is 2. The Bertz CT molecular complexity index is 1370. The smallest absolute Gasteiger partial charge is 0.261 e. The predicted octanol–water partition coefficient (Wildman–Crippen LogP) is 3.59. The van der Waals surface area contributed by atoms with E-state index in [0.29, 0.717) is 10.7 Å². The first kappa shape index (κ1) is 24.8. The van der Waals surface area contributed by atoms with Crippen LogP contribution in [0.25, 0.3) is 0 Å². The molecule has 0 radical (unpaired) electrons. The lowest BCUT2D eigenvalue weighted by Crippen LogP contribution is -2.37. The second kappa shape index (κ2) is 9.96. The molecule has 0 spiro atoms. The van der Waals surface area contributed by atoms with Gasteiger partial charge in [0.25, 0.3) is 10.0 Å². The summed E-state index contributed by atoms with van der Waals surface area (Å²) in [5.74, 6) is -0.657. The van der Waals surface area contributed by atoms with Gasteiger partial charge in [-0.15, -0.1) is 0 Å². The molecule has 2 aromatic carbocycles. The molecule has 2 N–H and O–H groups in total. The van der Waals surface area contributed by atoms with E-state index in [0.717, 1.165) is 10.6 Å². The van der Waals surface area contributed by atoms with Gasteiger partial charge in [-0.1, -0.05) is 23.2 Å². The Balaban J connectivity index is 1.73. The number of carbonyl (C=O) groups is 1. The average Bonchev–Trinajstić information content (AvgIpc) is 2.72. The number of benzene rings is 2. The highest BCUT2D eigenvalue weighted by Gasteiger charge is 2.23. The molecular formula is C20H18Cl2N4O5S2. The molecular weight excluding hydrogens is 511 g/mol. The van der Waals surface area contributed by atoms with Gasteiger partial charge in [0.1, 0.15) is 6.54 Å². The fourth-order valence-electron chi connectivity index (χ4n) is 2.75. The first-order valence-electron chi connectivity index (χ1n) is 9.21. The van der Waals surface area contributed by atoms with Gasteiger partial charge in [-0.05, 0) is 54.6 Å². The van der Waals surface area contributed by atoms with Crippen molar-refractivity contribution >= 4 is 66.2 Å². The molecule has 0 saturated heterocycles. The van der Waals surface area contributed by atoms with Crippen molar-refractivity contribution in [3.63, 3.8) is 0 Å². The van der Waals surface area contributed by atoms with Gasteiger partial charge in [0.05, 0.1) is 33.7 Å². The van der Waals surface area contributed by atoms with Gasteiger partial charge in [-0.25, -0.2) is 16.8 Å². The van der Waals surface area contributed by atoms with Crippen LogP contribution in [0.5, 0.6) is 0 Å². The number of nitrogens with zero attached hydrogens (tertiary/aromatic N) is 2. The topological polar surface area (TPSA) is 126 Å². The average molecular weight is 529 g/mol. The predicted molar refractivity (Wildman–Crippen MR) is 129 cm³/mol. The van der Waals surface area contributed by atoms with Gasteiger partial charge >= 0.3 is 0 Å². The Morgan fingerprint density at radius 2 is 1.70 bits per heavy atom. The number of pyridine rings is 1. The summed E-state index contributed by atoms with van der Waals surface area (Å²) in [7, 11) is -7.70. The minimum absolute atomic E-state index is 0.0324. The number of halogens is 2. The highest BCUT2D eigenvalue weighted by Crippen LogP contribution is 2.30. The third-order valence-electron chi connectivity index (χ3n) is 4.23. The molecule has 0 fully saturated rings. The molecule has 0 aliphatic carbocycles. The van der Waals surface area contributed by atoms with Crippen LogP contribution in [-0.4, -0.2) is 40.5 Å². The third-order valence-corrected chi connectivity index (χ3v) is 7.29. The Labute approximate surface area is 201 Å². The summed E-state index contributed by atoms with van der Waals surface area (Å²) in [5.41, 5.74) is 0.675. The van der Waals surface area contributed by atoms with Crippen LogP contribution < -0.4 is 14.3 Å². The SMILES string of the molecule is CS(=O)(=O)N(CC(=O)Nc1ccc(S(=O)(=O)Nc2cccnc2)cc1)c1ccc(Cl)cc1Cl. The summed E-state index contributed by atoms with van der Waals surface area (Å²) < 4.78 is 52.7. The quantitative estimate of drug-likeness (QED) is 0.460. The van der Waals surface area contributed by atoms with Crippen molar-refractivity contribution in [2.45, 2.75) is 4.90 Å². The Hall–Kier alpha value is -2.86. The van der Waals surface area contributed by atoms with E-state index in [1.807, 2.05) is 0 Å². The summed E-state index contributed by atoms with van der Waals surface area (Å²) in [5, 5.41) is 2.91. The van der Waals surface area contributed by atoms with Crippen LogP contribution in [0.15, 0.2) is 71.9 Å². The zero-order chi connectivity index (χ0) is 24.2. The molecule has 0 bridgehead atoms. The molecule has 1 amide bonds. The molecule has 174 valence electrons. The zero-order valence-corrected chi connectivity index (χ0v) is 20.2. The van der Waals surface area contributed by atoms with Crippen molar-refractivity contribution in [1.29, 1.82) is 0 Å². The van der Waals surface area contributed by atoms with Crippen molar-refractivity contribution in [3.8, 4) is 0 Å². The van der Waals surface area contributed by atoms with Crippen LogP contribution >= 0.6 is 23.2 Å². The van der Waals surface area contributed by atoms with E-state index < -0.39 is 32.5 Å². The van der Waals surface area contributed by atoms with Crippen LogP contribution in [0, 0.1) is 0 Å². The molecule has 3 rings (SSSR count). The normalized spacial score (nSPS) is 11.6. The molecule has 0 saturated carbocycles. The third kappa shape index (κ3) is 6.57. The Kier molecular flexibility index (Phi) is 7.48. The summed E-state index contributed by atoms with van der Waals surface area (Å²) in [6.45, 7) is -0.553. The highest BCUT2D eigenvalue weighted by atomic mass is 35.5. The van der Waals surface area contributed by atoms with Gasteiger partial charge < -0.3 is 5.32 Å². The number of aromatic nitrogens is 1. The fourth-order valence-corrected chi connectivity index (χ4v) is 5.22. The second-order valence-corrected chi connectivity index (χ2v) is 11.2. The molecule has 0 unspecified atom stereocenters. The standard InChI is InChI=1S/C20H18Cl2N4O5S2/c1-32(28,29)26(19-9-4-14(21)11-18(19)22)13-20(27)24-15-5-7-17(8-6-15)33(30,31)25-16-3-2-10-23-12-16/h2-12,25H,13H2,1H3,(H,24,27). The highest BCUT2D eigenvalue weighted by molar-refractivity contribution is 7.92. The molecule has 9 nitrogen and oxygen atoms in total. The summed E-state index contributed by atoms with van der Waals surface area (Å²) in [4.78, 5) is 16.3. The summed E-state index contributed by atoms with van der Waals surface area (Å²) >= 11 is 12.0. The molecule has 0 atom stereocenters. The maximum atomic E-state index is 12.5. The minimum Gasteiger partial charge on any atom is -0.325 e. The van der Waals surface area contributed by atoms with Crippen molar-refractivity contribution < 1.29 is 21.6 Å². The number of carbonyl (C=O) groups excluding carboxylic acids is 1. The van der Waals surface area contributed by atoms with Crippen LogP contribution in [0.2, 0.25) is 10.0 Å². The van der Waals surface area contributed by atoms with Crippen molar-refractivity contribution in [2.75, 3.05) is 27.1 Å². The molecule has 33 heavy (non-hydrogen) atoms. The number of anilines is 3. The molecule has 1 heterocycles. The molecule has 3 aromatic rings. The van der Waals surface area contributed by atoms with Crippen LogP contribution in [0.4, 0.5) is 17.1 Å². The maximum absolute atomic E-state index is 12.5. The second-order valence-electron chi connectivity index (χ2n) is 6.79. The van der Waals surface area contributed by atoms with Gasteiger partial charge in [0.15, 0.2) is 0 Å². The van der Waals surface area contributed by atoms with E-state index in [2.05, 4.69) is 15.0 Å². The first-order valence-corrected chi connectivity index (χ1v) is 13.3. The van der Waals surface area contributed by atoms with Crippen LogP contribution in [-0.2, 0) is 24.8 Å². The Morgan fingerprint density at radius 1 is 1.00 bits per heavy atom. The van der Waals surface area contributed by atoms with Gasteiger partial charge in [0.2, 0.25) is 15.9 Å². The monoisotopic (exact) mass is 528 g/mol. The van der Waals surface area contributed by atoms with E-state index >= 15 is 0 Å². The van der Waals surface area contributed by atoms with Crippen LogP contribution in [0.1, 0.15) is 0 Å². The lowest BCUT2D eigenvalue weighted by molar-refractivity contribution is -0.114. The Morgan fingerprint density at radius 3 is 2.27 bits per heavy atom. The van der Waals surface area contributed by atoms with E-state index in [9.17, 15) is 21.6 Å². The first-order chi connectivity index (χ1) is 15.5. The van der Waals surface area contributed by atoms with Crippen LogP contribution in [0.3, 0.4) is 0 Å². The lowest BCUT2D eigenvalue weighted by Gasteiger charge is -2.23. The van der Waals surface area contributed by atoms with E-state index in [1.54, 1.807) is 12.1 Å². The zero-order valence-electron chi connectivity index (χ0n) is 17.1. The number of hydrogen-bond acceptors (Lipinski definition) is 6. The number of rotatable bonds is 8. The van der Waals surface area contributed by atoms with E-state index in [1.165, 1.54) is 54.9 Å². The van der Waals surface area contributed by atoms with Crippen molar-refractivity contribution in [3.05, 3.63) is 77.0 Å².